The molecule has 0 saturated carbocycles. The Morgan fingerprint density at radius 2 is 1.78 bits per heavy atom. The molecule has 7 heteroatoms. The molecule has 0 fully saturated rings. The van der Waals surface area contributed by atoms with E-state index in [0.717, 1.165) is 12.5 Å². The monoisotopic (exact) mass is 337 g/mol. The van der Waals surface area contributed by atoms with Gasteiger partial charge in [-0.3, -0.25) is 4.72 Å². The van der Waals surface area contributed by atoms with Gasteiger partial charge in [-0.05, 0) is 42.8 Å². The number of sulfonamides is 1. The molecule has 0 saturated heterocycles. The first-order valence-corrected chi connectivity index (χ1v) is 8.63. The van der Waals surface area contributed by atoms with Gasteiger partial charge in [0.05, 0.1) is 23.8 Å². The fraction of sp³-hybridized carbons (Fsp3) is 0.250. The van der Waals surface area contributed by atoms with Crippen LogP contribution in [0.25, 0.3) is 0 Å². The van der Waals surface area contributed by atoms with Crippen LogP contribution in [0.4, 0.5) is 10.1 Å². The minimum Gasteiger partial charge on any atom is -0.490 e. The number of rotatable bonds is 3. The van der Waals surface area contributed by atoms with Crippen molar-refractivity contribution in [3.05, 3.63) is 47.8 Å². The number of fused-ring (bicyclic) bond motifs is 1. The van der Waals surface area contributed by atoms with Gasteiger partial charge in [0.25, 0.3) is 10.0 Å². The number of ether oxygens (including phenoxy) is 2. The lowest BCUT2D eigenvalue weighted by Crippen LogP contribution is -2.13. The summed E-state index contributed by atoms with van der Waals surface area (Å²) < 4.78 is 51.6. The second-order valence-electron chi connectivity index (χ2n) is 5.23. The molecule has 1 aliphatic rings. The number of nitrogens with one attached hydrogen (secondary N) is 1. The summed E-state index contributed by atoms with van der Waals surface area (Å²) in [5.41, 5.74) is 0.628. The van der Waals surface area contributed by atoms with Crippen LogP contribution in [0.3, 0.4) is 0 Å². The summed E-state index contributed by atoms with van der Waals surface area (Å²) in [6.45, 7) is 2.59. The SMILES string of the molecule is Cc1cc(S(=O)(=O)Nc2ccc3c(c2)OCCCO3)ccc1F. The number of anilines is 1. The maximum atomic E-state index is 13.3. The molecule has 1 heterocycles. The van der Waals surface area contributed by atoms with Crippen molar-refractivity contribution in [2.75, 3.05) is 17.9 Å². The average Bonchev–Trinajstić information content (AvgIpc) is 2.74. The van der Waals surface area contributed by atoms with Gasteiger partial charge in [0.2, 0.25) is 0 Å². The molecular formula is C16H16FNO4S. The molecule has 0 bridgehead atoms. The van der Waals surface area contributed by atoms with Gasteiger partial charge >= 0.3 is 0 Å². The maximum absolute atomic E-state index is 13.3. The summed E-state index contributed by atoms with van der Waals surface area (Å²) >= 11 is 0. The van der Waals surface area contributed by atoms with E-state index < -0.39 is 15.8 Å². The summed E-state index contributed by atoms with van der Waals surface area (Å²) in [5, 5.41) is 0. The third-order valence-corrected chi connectivity index (χ3v) is 4.82. The van der Waals surface area contributed by atoms with Crippen molar-refractivity contribution in [1.29, 1.82) is 0 Å². The molecule has 3 rings (SSSR count). The van der Waals surface area contributed by atoms with E-state index in [4.69, 9.17) is 9.47 Å². The van der Waals surface area contributed by atoms with Crippen molar-refractivity contribution in [3.63, 3.8) is 0 Å². The van der Waals surface area contributed by atoms with Crippen LogP contribution in [-0.2, 0) is 10.0 Å². The molecule has 2 aromatic rings. The Morgan fingerprint density at radius 3 is 2.52 bits per heavy atom. The van der Waals surface area contributed by atoms with Crippen LogP contribution < -0.4 is 14.2 Å². The van der Waals surface area contributed by atoms with E-state index in [-0.39, 0.29) is 10.5 Å². The summed E-state index contributed by atoms with van der Waals surface area (Å²) in [5.74, 6) is 0.639. The topological polar surface area (TPSA) is 64.6 Å². The summed E-state index contributed by atoms with van der Waals surface area (Å²) in [4.78, 5) is 0.00325. The predicted octanol–water partition coefficient (Wildman–Crippen LogP) is 3.10. The van der Waals surface area contributed by atoms with Crippen LogP contribution in [0.15, 0.2) is 41.3 Å². The Hall–Kier alpha value is -2.28. The number of aryl methyl sites for hydroxylation is 1. The molecule has 1 aliphatic heterocycles. The van der Waals surface area contributed by atoms with Gasteiger partial charge in [-0.1, -0.05) is 0 Å². The minimum absolute atomic E-state index is 0.00325. The summed E-state index contributed by atoms with van der Waals surface area (Å²) in [6, 6.07) is 8.50. The van der Waals surface area contributed by atoms with Gasteiger partial charge in [0.15, 0.2) is 11.5 Å². The Kier molecular flexibility index (Phi) is 4.12. The molecule has 122 valence electrons. The second kappa shape index (κ2) is 6.08. The van der Waals surface area contributed by atoms with Gasteiger partial charge in [0, 0.05) is 12.5 Å². The predicted molar refractivity (Wildman–Crippen MR) is 84.0 cm³/mol. The molecule has 0 aliphatic carbocycles. The highest BCUT2D eigenvalue weighted by Gasteiger charge is 2.17. The van der Waals surface area contributed by atoms with Crippen LogP contribution in [0.5, 0.6) is 11.5 Å². The first-order chi connectivity index (χ1) is 11.0. The van der Waals surface area contributed by atoms with Crippen molar-refractivity contribution < 1.29 is 22.3 Å². The highest BCUT2D eigenvalue weighted by molar-refractivity contribution is 7.92. The molecular weight excluding hydrogens is 321 g/mol. The first kappa shape index (κ1) is 15.6. The largest absolute Gasteiger partial charge is 0.490 e. The zero-order chi connectivity index (χ0) is 16.4. The molecule has 0 aromatic heterocycles. The lowest BCUT2D eigenvalue weighted by Gasteiger charge is -2.12. The average molecular weight is 337 g/mol. The minimum atomic E-state index is -3.80. The molecule has 0 atom stereocenters. The van der Waals surface area contributed by atoms with E-state index in [9.17, 15) is 12.8 Å². The third-order valence-electron chi connectivity index (χ3n) is 3.44. The smallest absolute Gasteiger partial charge is 0.261 e. The summed E-state index contributed by atoms with van der Waals surface area (Å²) in [7, 11) is -3.80. The van der Waals surface area contributed by atoms with Crippen molar-refractivity contribution in [2.24, 2.45) is 0 Å². The van der Waals surface area contributed by atoms with E-state index in [1.807, 2.05) is 0 Å². The normalized spacial score (nSPS) is 14.2. The number of hydrogen-bond donors (Lipinski definition) is 1. The van der Waals surface area contributed by atoms with Crippen LogP contribution >= 0.6 is 0 Å². The Labute approximate surface area is 134 Å². The molecule has 0 radical (unpaired) electrons. The van der Waals surface area contributed by atoms with Gasteiger partial charge in [-0.15, -0.1) is 0 Å². The van der Waals surface area contributed by atoms with E-state index >= 15 is 0 Å². The second-order valence-corrected chi connectivity index (χ2v) is 6.91. The number of halogens is 1. The lowest BCUT2D eigenvalue weighted by molar-refractivity contribution is 0.297. The molecule has 23 heavy (non-hydrogen) atoms. The van der Waals surface area contributed by atoms with E-state index in [2.05, 4.69) is 4.72 Å². The van der Waals surface area contributed by atoms with Gasteiger partial charge in [0.1, 0.15) is 5.82 Å². The van der Waals surface area contributed by atoms with Crippen molar-refractivity contribution in [3.8, 4) is 11.5 Å². The van der Waals surface area contributed by atoms with Gasteiger partial charge in [-0.25, -0.2) is 12.8 Å². The van der Waals surface area contributed by atoms with Crippen LogP contribution in [0.1, 0.15) is 12.0 Å². The van der Waals surface area contributed by atoms with Gasteiger partial charge < -0.3 is 9.47 Å². The highest BCUT2D eigenvalue weighted by atomic mass is 32.2. The molecule has 2 aromatic carbocycles. The number of benzene rings is 2. The first-order valence-electron chi connectivity index (χ1n) is 7.14. The van der Waals surface area contributed by atoms with Crippen LogP contribution in [0, 0.1) is 12.7 Å². The maximum Gasteiger partial charge on any atom is 0.261 e. The van der Waals surface area contributed by atoms with Crippen LogP contribution in [0.2, 0.25) is 0 Å². The Balaban J connectivity index is 1.88. The van der Waals surface area contributed by atoms with E-state index in [1.165, 1.54) is 19.1 Å². The van der Waals surface area contributed by atoms with Crippen LogP contribution in [-0.4, -0.2) is 21.6 Å². The van der Waals surface area contributed by atoms with Crippen molar-refractivity contribution >= 4 is 15.7 Å². The fourth-order valence-corrected chi connectivity index (χ4v) is 3.36. The Morgan fingerprint density at radius 1 is 1.04 bits per heavy atom. The fourth-order valence-electron chi connectivity index (χ4n) is 2.23. The molecule has 0 spiro atoms. The quantitative estimate of drug-likeness (QED) is 0.935. The zero-order valence-corrected chi connectivity index (χ0v) is 13.3. The standard InChI is InChI=1S/C16H16FNO4S/c1-11-9-13(4-5-14(11)17)23(19,20)18-12-3-6-15-16(10-12)22-8-2-7-21-15/h3-6,9-10,18H,2,7-8H2,1H3. The highest BCUT2D eigenvalue weighted by Crippen LogP contribution is 2.33. The van der Waals surface area contributed by atoms with E-state index in [1.54, 1.807) is 18.2 Å². The third kappa shape index (κ3) is 3.39. The number of hydrogen-bond acceptors (Lipinski definition) is 4. The van der Waals surface area contributed by atoms with Crippen molar-refractivity contribution in [1.82, 2.24) is 0 Å². The zero-order valence-electron chi connectivity index (χ0n) is 12.5. The molecule has 5 nitrogen and oxygen atoms in total. The van der Waals surface area contributed by atoms with E-state index in [0.29, 0.717) is 30.4 Å². The summed E-state index contributed by atoms with van der Waals surface area (Å²) in [6.07, 6.45) is 0.768. The molecule has 0 amide bonds. The lowest BCUT2D eigenvalue weighted by atomic mass is 10.2. The van der Waals surface area contributed by atoms with Crippen molar-refractivity contribution in [2.45, 2.75) is 18.2 Å². The van der Waals surface area contributed by atoms with Gasteiger partial charge in [-0.2, -0.15) is 0 Å². The molecule has 1 N–H and O–H groups in total. The Bertz CT molecular complexity index is 836. The molecule has 0 unspecified atom stereocenters.